The smallest absolute Gasteiger partial charge is 0.220 e. The van der Waals surface area contributed by atoms with Crippen molar-refractivity contribution >= 4 is 16.9 Å². The lowest BCUT2D eigenvalue weighted by Crippen LogP contribution is -2.34. The summed E-state index contributed by atoms with van der Waals surface area (Å²) in [4.78, 5) is 23.9. The van der Waals surface area contributed by atoms with Gasteiger partial charge in [0.15, 0.2) is 0 Å². The van der Waals surface area contributed by atoms with E-state index < -0.39 is 0 Å². The van der Waals surface area contributed by atoms with Gasteiger partial charge in [0, 0.05) is 37.2 Å². The lowest BCUT2D eigenvalue weighted by molar-refractivity contribution is -0.121. The van der Waals surface area contributed by atoms with Gasteiger partial charge in [0.25, 0.3) is 0 Å². The van der Waals surface area contributed by atoms with Crippen molar-refractivity contribution in [1.82, 2.24) is 20.3 Å². The fourth-order valence-corrected chi connectivity index (χ4v) is 3.85. The molecule has 3 heterocycles. The number of fused-ring (bicyclic) bond motifs is 2. The van der Waals surface area contributed by atoms with Crippen LogP contribution in [0, 0.1) is 5.82 Å². The standard InChI is InChI=1S/C24H21FN4O2/c25-18-4-5-20-21(12-18)29-23(28-20)7-8-24(30)27-14-19-11-17-10-15(3-6-22(17)31-19)16-2-1-9-26-13-16/h1-6,9-10,12-13,19H,7-8,11,14H2,(H,27,30)(H,28,29). The molecule has 6 nitrogen and oxygen atoms in total. The number of aromatic amines is 1. The maximum atomic E-state index is 13.3. The third-order valence-corrected chi connectivity index (χ3v) is 5.41. The Hall–Kier alpha value is -3.74. The van der Waals surface area contributed by atoms with E-state index in [-0.39, 0.29) is 17.8 Å². The lowest BCUT2D eigenvalue weighted by Gasteiger charge is -2.11. The van der Waals surface area contributed by atoms with Crippen LogP contribution in [0.15, 0.2) is 60.9 Å². The van der Waals surface area contributed by atoms with Crippen LogP contribution in [0.1, 0.15) is 17.8 Å². The normalized spacial score (nSPS) is 14.9. The van der Waals surface area contributed by atoms with Gasteiger partial charge in [0.2, 0.25) is 5.91 Å². The van der Waals surface area contributed by atoms with Crippen molar-refractivity contribution < 1.29 is 13.9 Å². The first-order chi connectivity index (χ1) is 15.1. The molecule has 2 N–H and O–H groups in total. The van der Waals surface area contributed by atoms with Crippen molar-refractivity contribution in [2.75, 3.05) is 6.54 Å². The minimum atomic E-state index is -0.314. The van der Waals surface area contributed by atoms with Gasteiger partial charge in [-0.25, -0.2) is 9.37 Å². The zero-order chi connectivity index (χ0) is 21.2. The number of carbonyl (C=O) groups is 1. The summed E-state index contributed by atoms with van der Waals surface area (Å²) in [5, 5.41) is 2.94. The fraction of sp³-hybridized carbons (Fsp3) is 0.208. The van der Waals surface area contributed by atoms with Gasteiger partial charge >= 0.3 is 0 Å². The molecule has 7 heteroatoms. The molecule has 0 radical (unpaired) electrons. The molecule has 5 rings (SSSR count). The van der Waals surface area contributed by atoms with E-state index >= 15 is 0 Å². The molecule has 1 unspecified atom stereocenters. The van der Waals surface area contributed by atoms with Crippen molar-refractivity contribution in [3.8, 4) is 16.9 Å². The summed E-state index contributed by atoms with van der Waals surface area (Å²) in [6, 6.07) is 14.5. The van der Waals surface area contributed by atoms with E-state index in [1.54, 1.807) is 12.3 Å². The van der Waals surface area contributed by atoms with Crippen molar-refractivity contribution in [2.45, 2.75) is 25.4 Å². The number of carbonyl (C=O) groups excluding carboxylic acids is 1. The topological polar surface area (TPSA) is 79.9 Å². The number of hydrogen-bond donors (Lipinski definition) is 2. The fourth-order valence-electron chi connectivity index (χ4n) is 3.85. The van der Waals surface area contributed by atoms with Gasteiger partial charge in [-0.15, -0.1) is 0 Å². The van der Waals surface area contributed by atoms with E-state index in [4.69, 9.17) is 4.74 Å². The molecule has 0 saturated heterocycles. The lowest BCUT2D eigenvalue weighted by atomic mass is 10.0. The maximum absolute atomic E-state index is 13.3. The molecular formula is C24H21FN4O2. The van der Waals surface area contributed by atoms with Crippen molar-refractivity contribution in [1.29, 1.82) is 0 Å². The summed E-state index contributed by atoms with van der Waals surface area (Å²) in [5.74, 6) is 1.15. The number of hydrogen-bond acceptors (Lipinski definition) is 4. The number of aryl methyl sites for hydroxylation is 1. The molecule has 1 atom stereocenters. The second-order valence-electron chi connectivity index (χ2n) is 7.66. The Bertz CT molecular complexity index is 1240. The molecule has 1 amide bonds. The number of rotatable bonds is 6. The molecule has 31 heavy (non-hydrogen) atoms. The number of pyridine rings is 1. The van der Waals surface area contributed by atoms with Crippen LogP contribution in [0.2, 0.25) is 0 Å². The van der Waals surface area contributed by atoms with Crippen molar-refractivity contribution in [2.24, 2.45) is 0 Å². The predicted octanol–water partition coefficient (Wildman–Crippen LogP) is 3.82. The van der Waals surface area contributed by atoms with Crippen LogP contribution in [0.5, 0.6) is 5.75 Å². The molecule has 0 fully saturated rings. The van der Waals surface area contributed by atoms with E-state index in [0.29, 0.717) is 36.2 Å². The molecule has 2 aromatic carbocycles. The number of ether oxygens (including phenoxy) is 1. The van der Waals surface area contributed by atoms with Gasteiger partial charge in [0.05, 0.1) is 17.6 Å². The summed E-state index contributed by atoms with van der Waals surface area (Å²) < 4.78 is 19.3. The summed E-state index contributed by atoms with van der Waals surface area (Å²) >= 11 is 0. The van der Waals surface area contributed by atoms with Crippen LogP contribution in [0.25, 0.3) is 22.2 Å². The highest BCUT2D eigenvalue weighted by Crippen LogP contribution is 2.32. The van der Waals surface area contributed by atoms with Gasteiger partial charge in [-0.1, -0.05) is 12.1 Å². The van der Waals surface area contributed by atoms with Crippen molar-refractivity contribution in [3.05, 3.63) is 78.1 Å². The van der Waals surface area contributed by atoms with Gasteiger partial charge < -0.3 is 15.0 Å². The largest absolute Gasteiger partial charge is 0.488 e. The van der Waals surface area contributed by atoms with Gasteiger partial charge in [-0.3, -0.25) is 9.78 Å². The molecule has 1 aliphatic rings. The molecule has 4 aromatic rings. The van der Waals surface area contributed by atoms with Gasteiger partial charge in [-0.2, -0.15) is 0 Å². The SMILES string of the molecule is O=C(CCc1nc2ccc(F)cc2[nH]1)NCC1Cc2cc(-c3cccnc3)ccc2O1. The third kappa shape index (κ3) is 4.26. The number of imidazole rings is 1. The van der Waals surface area contributed by atoms with Crippen LogP contribution in [-0.4, -0.2) is 33.5 Å². The number of amides is 1. The number of nitrogens with one attached hydrogen (secondary N) is 2. The Morgan fingerprint density at radius 2 is 2.13 bits per heavy atom. The first-order valence-electron chi connectivity index (χ1n) is 10.2. The van der Waals surface area contributed by atoms with Gasteiger partial charge in [0.1, 0.15) is 23.5 Å². The predicted molar refractivity (Wildman–Crippen MR) is 115 cm³/mol. The maximum Gasteiger partial charge on any atom is 0.220 e. The highest BCUT2D eigenvalue weighted by atomic mass is 19.1. The molecule has 2 aromatic heterocycles. The molecule has 1 aliphatic heterocycles. The van der Waals surface area contributed by atoms with Gasteiger partial charge in [-0.05, 0) is 47.5 Å². The number of aromatic nitrogens is 3. The Morgan fingerprint density at radius 1 is 1.19 bits per heavy atom. The van der Waals surface area contributed by atoms with E-state index in [1.165, 1.54) is 12.1 Å². The Balaban J connectivity index is 1.13. The van der Waals surface area contributed by atoms with Crippen LogP contribution < -0.4 is 10.1 Å². The third-order valence-electron chi connectivity index (χ3n) is 5.41. The second-order valence-corrected chi connectivity index (χ2v) is 7.66. The molecular weight excluding hydrogens is 395 g/mol. The van der Waals surface area contributed by atoms with E-state index in [0.717, 1.165) is 28.9 Å². The highest BCUT2D eigenvalue weighted by molar-refractivity contribution is 5.77. The number of benzene rings is 2. The quantitative estimate of drug-likeness (QED) is 0.501. The number of H-pyrrole nitrogens is 1. The van der Waals surface area contributed by atoms with Crippen LogP contribution in [0.4, 0.5) is 4.39 Å². The van der Waals surface area contributed by atoms with Crippen LogP contribution in [-0.2, 0) is 17.6 Å². The van der Waals surface area contributed by atoms with Crippen molar-refractivity contribution in [3.63, 3.8) is 0 Å². The first kappa shape index (κ1) is 19.2. The van der Waals surface area contributed by atoms with E-state index in [1.807, 2.05) is 30.5 Å². The molecule has 0 saturated carbocycles. The van der Waals surface area contributed by atoms with Crippen LogP contribution in [0.3, 0.4) is 0 Å². The second kappa shape index (κ2) is 8.18. The highest BCUT2D eigenvalue weighted by Gasteiger charge is 2.23. The average molecular weight is 416 g/mol. The molecule has 0 aliphatic carbocycles. The zero-order valence-electron chi connectivity index (χ0n) is 16.8. The number of nitrogens with zero attached hydrogens (tertiary/aromatic N) is 2. The molecule has 156 valence electrons. The summed E-state index contributed by atoms with van der Waals surface area (Å²) in [6.07, 6.45) is 5.02. The monoisotopic (exact) mass is 416 g/mol. The summed E-state index contributed by atoms with van der Waals surface area (Å²) in [6.45, 7) is 0.446. The average Bonchev–Trinajstić information content (AvgIpc) is 3.39. The summed E-state index contributed by atoms with van der Waals surface area (Å²) in [7, 11) is 0. The Kier molecular flexibility index (Phi) is 5.08. The molecule has 0 spiro atoms. The zero-order valence-corrected chi connectivity index (χ0v) is 16.8. The Labute approximate surface area is 178 Å². The minimum absolute atomic E-state index is 0.0674. The van der Waals surface area contributed by atoms with E-state index in [9.17, 15) is 9.18 Å². The number of halogens is 1. The van der Waals surface area contributed by atoms with Crippen LogP contribution >= 0.6 is 0 Å². The van der Waals surface area contributed by atoms with E-state index in [2.05, 4.69) is 26.3 Å². The minimum Gasteiger partial charge on any atom is -0.488 e. The molecule has 0 bridgehead atoms. The first-order valence-corrected chi connectivity index (χ1v) is 10.2. The Morgan fingerprint density at radius 3 is 3.00 bits per heavy atom. The summed E-state index contributed by atoms with van der Waals surface area (Å²) in [5.41, 5.74) is 4.63.